The number of nitrogens with one attached hydrogen (secondary N) is 3. The number of hydrogen-bond acceptors (Lipinski definition) is 7. The first-order valence-corrected chi connectivity index (χ1v) is 16.8. The van der Waals surface area contributed by atoms with Crippen LogP contribution in [-0.2, 0) is 26.2 Å². The third-order valence-electron chi connectivity index (χ3n) is 8.58. The lowest BCUT2D eigenvalue weighted by atomic mass is 9.92. The molecule has 0 aliphatic carbocycles. The molecule has 258 valence electrons. The molecule has 0 atom stereocenters. The van der Waals surface area contributed by atoms with Gasteiger partial charge in [0, 0.05) is 53.6 Å². The van der Waals surface area contributed by atoms with Gasteiger partial charge >= 0.3 is 6.03 Å². The molecule has 0 bridgehead atoms. The van der Waals surface area contributed by atoms with Gasteiger partial charge in [-0.15, -0.1) is 0 Å². The van der Waals surface area contributed by atoms with Gasteiger partial charge in [0.15, 0.2) is 5.78 Å². The summed E-state index contributed by atoms with van der Waals surface area (Å²) in [6, 6.07) is 24.1. The Balaban J connectivity index is 1.14. The van der Waals surface area contributed by atoms with E-state index in [1.54, 1.807) is 35.1 Å². The van der Waals surface area contributed by atoms with Gasteiger partial charge in [0.2, 0.25) is 5.91 Å². The van der Waals surface area contributed by atoms with Crippen LogP contribution < -0.4 is 20.7 Å². The molecule has 3 heterocycles. The third-order valence-corrected chi connectivity index (χ3v) is 8.58. The summed E-state index contributed by atoms with van der Waals surface area (Å²) < 4.78 is 13.3. The number of ether oxygens (including phenoxy) is 2. The average molecular weight is 675 g/mol. The number of anilines is 2. The van der Waals surface area contributed by atoms with Crippen molar-refractivity contribution in [2.24, 2.45) is 5.92 Å². The molecular formula is C39H42N6O5. The molecule has 0 radical (unpaired) electrons. The molecule has 50 heavy (non-hydrogen) atoms. The molecule has 11 heteroatoms. The Morgan fingerprint density at radius 1 is 0.920 bits per heavy atom. The largest absolute Gasteiger partial charge is 0.457 e. The minimum atomic E-state index is -0.412. The van der Waals surface area contributed by atoms with Crippen molar-refractivity contribution < 1.29 is 23.9 Å². The fourth-order valence-corrected chi connectivity index (χ4v) is 5.76. The Morgan fingerprint density at radius 3 is 2.40 bits per heavy atom. The Hall–Kier alpha value is -5.55. The molecule has 1 saturated heterocycles. The number of urea groups is 1. The van der Waals surface area contributed by atoms with Crippen LogP contribution in [0.2, 0.25) is 0 Å². The molecule has 11 nitrogen and oxygen atoms in total. The second kappa shape index (κ2) is 14.9. The summed E-state index contributed by atoms with van der Waals surface area (Å²) >= 11 is 0. The fraction of sp³-hybridized carbons (Fsp3) is 0.308. The predicted molar refractivity (Wildman–Crippen MR) is 193 cm³/mol. The standard InChI is InChI=1S/C39H42N6O5/c1-25-9-11-28(12-10-25)45-36(23-35(44-45)39(2,3)4)43-38(48)42-33-13-14-34(32-8-6-5-7-31(32)33)50-30-15-18-40-27(22-30)21-29(46)24-41-37(47)26-16-19-49-20-17-26/h5-15,18,22-23,26H,16-17,19-21,24H2,1-4H3,(H,41,47)(H2,42,43,48). The van der Waals surface area contributed by atoms with Crippen LogP contribution in [0.5, 0.6) is 11.5 Å². The highest BCUT2D eigenvalue weighted by molar-refractivity contribution is 6.07. The van der Waals surface area contributed by atoms with Gasteiger partial charge < -0.3 is 20.1 Å². The number of benzene rings is 3. The smallest absolute Gasteiger partial charge is 0.324 e. The molecular weight excluding hydrogens is 632 g/mol. The number of Topliss-reactive ketones (excluding diaryl/α,β-unsaturated/α-hetero) is 1. The van der Waals surface area contributed by atoms with Crippen LogP contribution in [0, 0.1) is 12.8 Å². The number of fused-ring (bicyclic) bond motifs is 1. The van der Waals surface area contributed by atoms with Gasteiger partial charge in [-0.05, 0) is 50.1 Å². The summed E-state index contributed by atoms with van der Waals surface area (Å²) in [5.41, 5.74) is 3.74. The first kappa shape index (κ1) is 34.3. The Morgan fingerprint density at radius 2 is 1.66 bits per heavy atom. The third kappa shape index (κ3) is 8.35. The predicted octanol–water partition coefficient (Wildman–Crippen LogP) is 7.12. The molecule has 6 rings (SSSR count). The number of nitrogens with zero attached hydrogens (tertiary/aromatic N) is 3. The highest BCUT2D eigenvalue weighted by atomic mass is 16.5. The summed E-state index contributed by atoms with van der Waals surface area (Å²) in [6.45, 7) is 9.34. The van der Waals surface area contributed by atoms with Gasteiger partial charge in [-0.25, -0.2) is 9.48 Å². The molecule has 2 aromatic heterocycles. The van der Waals surface area contributed by atoms with Crippen LogP contribution >= 0.6 is 0 Å². The van der Waals surface area contributed by atoms with E-state index in [1.165, 1.54) is 0 Å². The summed E-state index contributed by atoms with van der Waals surface area (Å²) in [7, 11) is 0. The zero-order valence-electron chi connectivity index (χ0n) is 28.8. The monoisotopic (exact) mass is 674 g/mol. The van der Waals surface area contributed by atoms with Gasteiger partial charge in [0.1, 0.15) is 17.3 Å². The van der Waals surface area contributed by atoms with Crippen molar-refractivity contribution >= 4 is 40.0 Å². The molecule has 3 N–H and O–H groups in total. The number of ketones is 1. The van der Waals surface area contributed by atoms with E-state index < -0.39 is 6.03 Å². The van der Waals surface area contributed by atoms with E-state index in [0.29, 0.717) is 54.8 Å². The average Bonchev–Trinajstić information content (AvgIpc) is 3.53. The maximum absolute atomic E-state index is 13.4. The van der Waals surface area contributed by atoms with Crippen LogP contribution in [0.15, 0.2) is 85.1 Å². The zero-order chi connectivity index (χ0) is 35.3. The molecule has 3 aromatic carbocycles. The van der Waals surface area contributed by atoms with Gasteiger partial charge in [0.05, 0.1) is 35.7 Å². The van der Waals surface area contributed by atoms with Crippen molar-refractivity contribution in [1.82, 2.24) is 20.1 Å². The molecule has 3 amide bonds. The van der Waals surface area contributed by atoms with Crippen molar-refractivity contribution in [2.75, 3.05) is 30.4 Å². The van der Waals surface area contributed by atoms with Crippen molar-refractivity contribution in [3.63, 3.8) is 0 Å². The Kier molecular flexibility index (Phi) is 10.2. The van der Waals surface area contributed by atoms with Crippen molar-refractivity contribution in [1.29, 1.82) is 0 Å². The second-order valence-electron chi connectivity index (χ2n) is 13.6. The van der Waals surface area contributed by atoms with Crippen LogP contribution in [0.4, 0.5) is 16.3 Å². The summed E-state index contributed by atoms with van der Waals surface area (Å²) in [5, 5.41) is 15.1. The quantitative estimate of drug-likeness (QED) is 0.144. The number of aromatic nitrogens is 3. The molecule has 0 saturated carbocycles. The minimum Gasteiger partial charge on any atom is -0.457 e. The molecule has 0 spiro atoms. The van der Waals surface area contributed by atoms with E-state index in [0.717, 1.165) is 27.7 Å². The van der Waals surface area contributed by atoms with E-state index >= 15 is 0 Å². The molecule has 0 unspecified atom stereocenters. The topological polar surface area (TPSA) is 136 Å². The Labute approximate surface area is 291 Å². The number of pyridine rings is 1. The van der Waals surface area contributed by atoms with Crippen LogP contribution in [0.1, 0.15) is 50.6 Å². The molecule has 1 aliphatic heterocycles. The van der Waals surface area contributed by atoms with Crippen LogP contribution in [0.25, 0.3) is 16.5 Å². The highest BCUT2D eigenvalue weighted by Gasteiger charge is 2.23. The number of carbonyl (C=O) groups excluding carboxylic acids is 3. The normalized spacial score (nSPS) is 13.5. The maximum atomic E-state index is 13.4. The summed E-state index contributed by atoms with van der Waals surface area (Å²) in [5.74, 6) is 1.26. The van der Waals surface area contributed by atoms with E-state index in [9.17, 15) is 14.4 Å². The molecule has 5 aromatic rings. The van der Waals surface area contributed by atoms with Crippen LogP contribution in [-0.4, -0.2) is 52.2 Å². The van der Waals surface area contributed by atoms with Crippen molar-refractivity contribution in [2.45, 2.75) is 52.4 Å². The van der Waals surface area contributed by atoms with Crippen molar-refractivity contribution in [3.8, 4) is 17.2 Å². The number of amides is 3. The van der Waals surface area contributed by atoms with E-state index in [1.807, 2.05) is 61.5 Å². The lowest BCUT2D eigenvalue weighted by Gasteiger charge is -2.20. The number of aryl methyl sites for hydroxylation is 1. The number of rotatable bonds is 10. The van der Waals surface area contributed by atoms with E-state index in [4.69, 9.17) is 14.6 Å². The summed E-state index contributed by atoms with van der Waals surface area (Å²) in [6.07, 6.45) is 2.98. The Bertz CT molecular complexity index is 2010. The lowest BCUT2D eigenvalue weighted by molar-refractivity contribution is -0.130. The number of hydrogen-bond donors (Lipinski definition) is 3. The van der Waals surface area contributed by atoms with Gasteiger partial charge in [-0.3, -0.25) is 19.9 Å². The summed E-state index contributed by atoms with van der Waals surface area (Å²) in [4.78, 5) is 42.8. The molecule has 1 aliphatic rings. The zero-order valence-corrected chi connectivity index (χ0v) is 28.8. The minimum absolute atomic E-state index is 0.0539. The SMILES string of the molecule is Cc1ccc(-n2nc(C(C)(C)C)cc2NC(=O)Nc2ccc(Oc3ccnc(CC(=O)CNC(=O)C4CCOCC4)c3)c3ccccc23)cc1. The van der Waals surface area contributed by atoms with Gasteiger partial charge in [0.25, 0.3) is 0 Å². The van der Waals surface area contributed by atoms with Crippen molar-refractivity contribution in [3.05, 3.63) is 102 Å². The number of carbonyl (C=O) groups is 3. The fourth-order valence-electron chi connectivity index (χ4n) is 5.76. The molecule has 1 fully saturated rings. The maximum Gasteiger partial charge on any atom is 0.324 e. The van der Waals surface area contributed by atoms with Gasteiger partial charge in [-0.1, -0.05) is 62.7 Å². The first-order valence-electron chi connectivity index (χ1n) is 16.8. The lowest BCUT2D eigenvalue weighted by Crippen LogP contribution is -2.37. The highest BCUT2D eigenvalue weighted by Crippen LogP contribution is 2.35. The van der Waals surface area contributed by atoms with E-state index in [-0.39, 0.29) is 36.0 Å². The van der Waals surface area contributed by atoms with Crippen LogP contribution in [0.3, 0.4) is 0 Å². The second-order valence-corrected chi connectivity index (χ2v) is 13.6. The van der Waals surface area contributed by atoms with Gasteiger partial charge in [-0.2, -0.15) is 5.10 Å². The van der Waals surface area contributed by atoms with E-state index in [2.05, 4.69) is 41.7 Å². The first-order chi connectivity index (χ1) is 24.0.